The quantitative estimate of drug-likeness (QED) is 0.705. The van der Waals surface area contributed by atoms with Crippen molar-refractivity contribution in [3.63, 3.8) is 0 Å². The van der Waals surface area contributed by atoms with Crippen molar-refractivity contribution in [3.8, 4) is 0 Å². The SMILES string of the molecule is C=C[C@H](N)c1ccc(F)cc1Cl. The molecule has 0 saturated carbocycles. The number of halogens is 2. The van der Waals surface area contributed by atoms with Gasteiger partial charge in [0.15, 0.2) is 0 Å². The van der Waals surface area contributed by atoms with Crippen LogP contribution >= 0.6 is 11.6 Å². The highest BCUT2D eigenvalue weighted by Crippen LogP contribution is 2.22. The molecule has 0 aromatic heterocycles. The topological polar surface area (TPSA) is 26.0 Å². The molecule has 12 heavy (non-hydrogen) atoms. The second kappa shape index (κ2) is 3.70. The van der Waals surface area contributed by atoms with Crippen LogP contribution in [0.25, 0.3) is 0 Å². The van der Waals surface area contributed by atoms with E-state index in [0.29, 0.717) is 10.6 Å². The summed E-state index contributed by atoms with van der Waals surface area (Å²) in [5, 5.41) is 0.336. The van der Waals surface area contributed by atoms with E-state index in [1.807, 2.05) is 0 Å². The Morgan fingerprint density at radius 3 is 2.75 bits per heavy atom. The third kappa shape index (κ3) is 1.84. The fraction of sp³-hybridized carbons (Fsp3) is 0.111. The van der Waals surface area contributed by atoms with Crippen LogP contribution < -0.4 is 5.73 Å². The average molecular weight is 186 g/mol. The molecule has 1 nitrogen and oxygen atoms in total. The van der Waals surface area contributed by atoms with Gasteiger partial charge < -0.3 is 5.73 Å². The van der Waals surface area contributed by atoms with Crippen molar-refractivity contribution in [1.82, 2.24) is 0 Å². The predicted molar refractivity (Wildman–Crippen MR) is 48.5 cm³/mol. The number of benzene rings is 1. The van der Waals surface area contributed by atoms with Gasteiger partial charge in [-0.05, 0) is 17.7 Å². The molecule has 0 radical (unpaired) electrons. The van der Waals surface area contributed by atoms with Crippen molar-refractivity contribution in [3.05, 3.63) is 47.3 Å². The van der Waals surface area contributed by atoms with Crippen LogP contribution in [0.15, 0.2) is 30.9 Å². The average Bonchev–Trinajstić information content (AvgIpc) is 2.03. The molecular weight excluding hydrogens is 177 g/mol. The Bertz CT molecular complexity index is 299. The Labute approximate surface area is 75.6 Å². The summed E-state index contributed by atoms with van der Waals surface area (Å²) >= 11 is 5.74. The maximum atomic E-state index is 12.6. The van der Waals surface area contributed by atoms with E-state index in [1.54, 1.807) is 12.1 Å². The number of rotatable bonds is 2. The largest absolute Gasteiger partial charge is 0.321 e. The normalized spacial score (nSPS) is 12.6. The smallest absolute Gasteiger partial charge is 0.124 e. The zero-order chi connectivity index (χ0) is 9.14. The van der Waals surface area contributed by atoms with Crippen LogP contribution in [0.1, 0.15) is 11.6 Å². The van der Waals surface area contributed by atoms with Crippen molar-refractivity contribution in [1.29, 1.82) is 0 Å². The standard InChI is InChI=1S/C9H9ClFN/c1-2-9(12)7-4-3-6(11)5-8(7)10/h2-5,9H,1,12H2/t9-/m0/s1. The summed E-state index contributed by atoms with van der Waals surface area (Å²) < 4.78 is 12.6. The number of nitrogens with two attached hydrogens (primary N) is 1. The molecule has 1 atom stereocenters. The molecule has 0 bridgehead atoms. The van der Waals surface area contributed by atoms with E-state index >= 15 is 0 Å². The molecular formula is C9H9ClFN. The Morgan fingerprint density at radius 1 is 1.58 bits per heavy atom. The predicted octanol–water partition coefficient (Wildman–Crippen LogP) is 2.66. The summed E-state index contributed by atoms with van der Waals surface area (Å²) in [6, 6.07) is 3.78. The zero-order valence-corrected chi connectivity index (χ0v) is 7.18. The Kier molecular flexibility index (Phi) is 2.84. The van der Waals surface area contributed by atoms with Gasteiger partial charge in [-0.1, -0.05) is 23.7 Å². The van der Waals surface area contributed by atoms with Crippen molar-refractivity contribution in [2.45, 2.75) is 6.04 Å². The molecule has 2 N–H and O–H groups in total. The highest BCUT2D eigenvalue weighted by molar-refractivity contribution is 6.31. The monoisotopic (exact) mass is 185 g/mol. The van der Waals surface area contributed by atoms with Crippen LogP contribution in [0.4, 0.5) is 4.39 Å². The van der Waals surface area contributed by atoms with Gasteiger partial charge >= 0.3 is 0 Å². The number of hydrogen-bond donors (Lipinski definition) is 1. The maximum absolute atomic E-state index is 12.6. The molecule has 0 spiro atoms. The van der Waals surface area contributed by atoms with Crippen molar-refractivity contribution < 1.29 is 4.39 Å². The van der Waals surface area contributed by atoms with E-state index in [9.17, 15) is 4.39 Å². The summed E-state index contributed by atoms with van der Waals surface area (Å²) in [4.78, 5) is 0. The molecule has 1 aromatic carbocycles. The summed E-state index contributed by atoms with van der Waals surface area (Å²) in [6.45, 7) is 3.52. The first-order valence-electron chi connectivity index (χ1n) is 3.48. The molecule has 0 aliphatic rings. The first-order valence-corrected chi connectivity index (χ1v) is 3.86. The lowest BCUT2D eigenvalue weighted by atomic mass is 10.1. The Hall–Kier alpha value is -0.860. The third-order valence-electron chi connectivity index (χ3n) is 1.58. The molecule has 1 aromatic rings. The minimum Gasteiger partial charge on any atom is -0.321 e. The van der Waals surface area contributed by atoms with E-state index in [-0.39, 0.29) is 11.9 Å². The van der Waals surface area contributed by atoms with Gasteiger partial charge in [0.25, 0.3) is 0 Å². The summed E-state index contributed by atoms with van der Waals surface area (Å²) in [5.41, 5.74) is 6.31. The summed E-state index contributed by atoms with van der Waals surface area (Å²) in [6.07, 6.45) is 1.55. The summed E-state index contributed by atoms with van der Waals surface area (Å²) in [5.74, 6) is -0.361. The van der Waals surface area contributed by atoms with Gasteiger partial charge in [-0.25, -0.2) is 4.39 Å². The van der Waals surface area contributed by atoms with Gasteiger partial charge in [-0.2, -0.15) is 0 Å². The first-order chi connectivity index (χ1) is 5.65. The van der Waals surface area contributed by atoms with Crippen LogP contribution in [-0.2, 0) is 0 Å². The minimum absolute atomic E-state index is 0.335. The lowest BCUT2D eigenvalue weighted by Crippen LogP contribution is -2.06. The fourth-order valence-electron chi connectivity index (χ4n) is 0.899. The first kappa shape index (κ1) is 9.23. The van der Waals surface area contributed by atoms with Gasteiger partial charge in [0.2, 0.25) is 0 Å². The molecule has 0 heterocycles. The Balaban J connectivity index is 3.09. The van der Waals surface area contributed by atoms with Crippen LogP contribution in [0.2, 0.25) is 5.02 Å². The van der Waals surface area contributed by atoms with Gasteiger partial charge in [-0.3, -0.25) is 0 Å². The molecule has 0 fully saturated rings. The van der Waals surface area contributed by atoms with E-state index < -0.39 is 0 Å². The van der Waals surface area contributed by atoms with E-state index in [0.717, 1.165) is 0 Å². The molecule has 0 aliphatic carbocycles. The lowest BCUT2D eigenvalue weighted by Gasteiger charge is -2.07. The highest BCUT2D eigenvalue weighted by Gasteiger charge is 2.06. The third-order valence-corrected chi connectivity index (χ3v) is 1.90. The van der Waals surface area contributed by atoms with Crippen LogP contribution in [0.5, 0.6) is 0 Å². The van der Waals surface area contributed by atoms with Crippen molar-refractivity contribution in [2.24, 2.45) is 5.73 Å². The summed E-state index contributed by atoms with van der Waals surface area (Å²) in [7, 11) is 0. The van der Waals surface area contributed by atoms with Gasteiger partial charge in [-0.15, -0.1) is 6.58 Å². The van der Waals surface area contributed by atoms with E-state index in [4.69, 9.17) is 17.3 Å². The van der Waals surface area contributed by atoms with Crippen LogP contribution in [0, 0.1) is 5.82 Å². The Morgan fingerprint density at radius 2 is 2.25 bits per heavy atom. The maximum Gasteiger partial charge on any atom is 0.124 e. The molecule has 0 amide bonds. The molecule has 0 aliphatic heterocycles. The number of hydrogen-bond acceptors (Lipinski definition) is 1. The van der Waals surface area contributed by atoms with E-state index in [1.165, 1.54) is 12.1 Å². The second-order valence-corrected chi connectivity index (χ2v) is 2.83. The van der Waals surface area contributed by atoms with Gasteiger partial charge in [0.05, 0.1) is 0 Å². The van der Waals surface area contributed by atoms with Gasteiger partial charge in [0.1, 0.15) is 5.82 Å². The van der Waals surface area contributed by atoms with E-state index in [2.05, 4.69) is 6.58 Å². The van der Waals surface area contributed by atoms with Gasteiger partial charge in [0, 0.05) is 11.1 Å². The minimum atomic E-state index is -0.361. The second-order valence-electron chi connectivity index (χ2n) is 2.43. The zero-order valence-electron chi connectivity index (χ0n) is 6.43. The lowest BCUT2D eigenvalue weighted by molar-refractivity contribution is 0.626. The van der Waals surface area contributed by atoms with Crippen molar-refractivity contribution in [2.75, 3.05) is 0 Å². The van der Waals surface area contributed by atoms with Crippen LogP contribution in [-0.4, -0.2) is 0 Å². The van der Waals surface area contributed by atoms with Crippen LogP contribution in [0.3, 0.4) is 0 Å². The molecule has 64 valence electrons. The molecule has 0 unspecified atom stereocenters. The highest BCUT2D eigenvalue weighted by atomic mass is 35.5. The van der Waals surface area contributed by atoms with Crippen molar-refractivity contribution >= 4 is 11.6 Å². The fourth-order valence-corrected chi connectivity index (χ4v) is 1.19. The molecule has 1 rings (SSSR count). The molecule has 3 heteroatoms. The molecule has 0 saturated heterocycles.